The molecule has 0 amide bonds. The summed E-state index contributed by atoms with van der Waals surface area (Å²) >= 11 is 5.49. The Morgan fingerprint density at radius 1 is 1.13 bits per heavy atom. The summed E-state index contributed by atoms with van der Waals surface area (Å²) in [4.78, 5) is 15.4. The van der Waals surface area contributed by atoms with Crippen LogP contribution in [0.5, 0.6) is 11.5 Å². The van der Waals surface area contributed by atoms with E-state index in [-0.39, 0.29) is 16.1 Å². The highest BCUT2D eigenvalue weighted by atomic mass is 32.5. The molecule has 0 radical (unpaired) electrons. The predicted octanol–water partition coefficient (Wildman–Crippen LogP) is 4.21. The summed E-state index contributed by atoms with van der Waals surface area (Å²) in [6, 6.07) is 13.1. The normalized spacial score (nSPS) is 23.2. The second kappa shape index (κ2) is 11.2. The number of aliphatic hydroxyl groups excluding tert-OH is 1. The molecule has 1 saturated heterocycles. The fraction of sp³-hybridized carbons (Fsp3) is 0.333. The van der Waals surface area contributed by atoms with E-state index in [9.17, 15) is 23.1 Å². The smallest absolute Gasteiger partial charge is 0.416 e. The van der Waals surface area contributed by atoms with Gasteiger partial charge in [-0.05, 0) is 38.1 Å². The van der Waals surface area contributed by atoms with Gasteiger partial charge in [0.15, 0.2) is 29.6 Å². The van der Waals surface area contributed by atoms with Gasteiger partial charge in [0, 0.05) is 11.8 Å². The van der Waals surface area contributed by atoms with E-state index in [2.05, 4.69) is 4.98 Å². The molecule has 0 bridgehead atoms. The van der Waals surface area contributed by atoms with Crippen LogP contribution < -0.4 is 20.5 Å². The summed E-state index contributed by atoms with van der Waals surface area (Å²) in [7, 11) is 0. The topological polar surface area (TPSA) is 118 Å². The molecule has 1 fully saturated rings. The monoisotopic (exact) mass is 589 g/mol. The van der Waals surface area contributed by atoms with Gasteiger partial charge in [0.1, 0.15) is 17.6 Å². The minimum Gasteiger partial charge on any atom is -0.416 e. The van der Waals surface area contributed by atoms with Crippen LogP contribution >= 0.6 is 6.72 Å². The molecule has 2 aromatic carbocycles. The Morgan fingerprint density at radius 2 is 1.64 bits per heavy atom. The molecule has 0 saturated carbocycles. The molecule has 9 nitrogen and oxygen atoms in total. The molecule has 2 heterocycles. The molecular formula is C24H24F4N3O6PS. The van der Waals surface area contributed by atoms with Gasteiger partial charge >= 0.3 is 12.4 Å². The molecule has 0 spiro atoms. The van der Waals surface area contributed by atoms with Crippen LogP contribution in [0.1, 0.15) is 17.4 Å². The lowest BCUT2D eigenvalue weighted by atomic mass is 9.97. The third-order valence-electron chi connectivity index (χ3n) is 5.92. The highest BCUT2D eigenvalue weighted by Gasteiger charge is 2.62. The number of rotatable bonds is 9. The van der Waals surface area contributed by atoms with Crippen LogP contribution in [-0.2, 0) is 21.1 Å². The molecule has 4 atom stereocenters. The number of halogens is 4. The third kappa shape index (κ3) is 6.10. The van der Waals surface area contributed by atoms with E-state index in [0.29, 0.717) is 6.20 Å². The minimum atomic E-state index is -3.96. The van der Waals surface area contributed by atoms with Gasteiger partial charge in [0.2, 0.25) is 0 Å². The van der Waals surface area contributed by atoms with Gasteiger partial charge in [-0.15, -0.1) is 0 Å². The second-order valence-corrected chi connectivity index (χ2v) is 11.7. The number of hydrogen-bond acceptors (Lipinski definition) is 9. The fourth-order valence-electron chi connectivity index (χ4n) is 3.71. The molecular weight excluding hydrogens is 565 g/mol. The largest absolute Gasteiger partial charge is 0.435 e. The molecule has 1 aromatic heterocycles. The molecule has 3 N–H and O–H groups in total. The van der Waals surface area contributed by atoms with E-state index in [4.69, 9.17) is 35.8 Å². The van der Waals surface area contributed by atoms with Crippen molar-refractivity contribution in [1.29, 1.82) is 0 Å². The summed E-state index contributed by atoms with van der Waals surface area (Å²) < 4.78 is 80.6. The summed E-state index contributed by atoms with van der Waals surface area (Å²) in [5, 5.41) is 10.5. The lowest BCUT2D eigenvalue weighted by molar-refractivity contribution is -0.192. The van der Waals surface area contributed by atoms with Crippen molar-refractivity contribution in [2.75, 3.05) is 12.3 Å². The van der Waals surface area contributed by atoms with E-state index < -0.39 is 61.2 Å². The minimum absolute atomic E-state index is 0.200. The van der Waals surface area contributed by atoms with Crippen molar-refractivity contribution in [2.45, 2.75) is 44.4 Å². The highest BCUT2D eigenvalue weighted by molar-refractivity contribution is 8.07. The first-order valence-electron chi connectivity index (χ1n) is 11.4. The van der Waals surface area contributed by atoms with E-state index in [0.717, 1.165) is 11.1 Å². The SMILES string of the molecule is Cc1ccc(OP(=S)(OC[C@@]2(C(F)F)O[C@@H](n3cc(F)c(N)nc3=O)[C@@H](F)[C@@H]2O)Oc2ccc(C)cc2)cc1. The van der Waals surface area contributed by atoms with Crippen molar-refractivity contribution in [3.05, 3.63) is 82.2 Å². The quantitative estimate of drug-likeness (QED) is 0.280. The molecule has 1 aliphatic rings. The van der Waals surface area contributed by atoms with Crippen LogP contribution in [0.15, 0.2) is 59.5 Å². The van der Waals surface area contributed by atoms with E-state index in [1.165, 1.54) is 0 Å². The van der Waals surface area contributed by atoms with Crippen LogP contribution in [0.4, 0.5) is 23.4 Å². The maximum atomic E-state index is 15.1. The van der Waals surface area contributed by atoms with Crippen LogP contribution in [0.2, 0.25) is 0 Å². The summed E-state index contributed by atoms with van der Waals surface area (Å²) in [5.74, 6) is -1.60. The second-order valence-electron chi connectivity index (χ2n) is 8.85. The number of benzene rings is 2. The van der Waals surface area contributed by atoms with Crippen molar-refractivity contribution in [1.82, 2.24) is 9.55 Å². The van der Waals surface area contributed by atoms with E-state index >= 15 is 4.39 Å². The molecule has 1 aliphatic heterocycles. The molecule has 210 valence electrons. The molecule has 0 aliphatic carbocycles. The van der Waals surface area contributed by atoms with Crippen molar-refractivity contribution < 1.29 is 41.0 Å². The van der Waals surface area contributed by atoms with E-state index in [1.54, 1.807) is 48.5 Å². The number of aliphatic hydroxyl groups is 1. The summed E-state index contributed by atoms with van der Waals surface area (Å²) in [6.07, 6.45) is -10.4. The zero-order valence-electron chi connectivity index (χ0n) is 20.5. The Balaban J connectivity index is 1.65. The number of nitrogens with two attached hydrogens (primary N) is 1. The molecule has 3 aromatic rings. The zero-order chi connectivity index (χ0) is 28.5. The third-order valence-corrected chi connectivity index (χ3v) is 7.99. The average Bonchev–Trinajstić information content (AvgIpc) is 3.14. The number of aromatic nitrogens is 2. The molecule has 0 unspecified atom stereocenters. The fourth-order valence-corrected chi connectivity index (χ4v) is 5.64. The maximum Gasteiger partial charge on any atom is 0.435 e. The Morgan fingerprint density at radius 3 is 2.13 bits per heavy atom. The van der Waals surface area contributed by atoms with Crippen molar-refractivity contribution in [2.24, 2.45) is 0 Å². The lowest BCUT2D eigenvalue weighted by Crippen LogP contribution is -2.52. The highest BCUT2D eigenvalue weighted by Crippen LogP contribution is 2.53. The van der Waals surface area contributed by atoms with E-state index in [1.807, 2.05) is 13.8 Å². The Hall–Kier alpha value is -3.03. The van der Waals surface area contributed by atoms with Crippen LogP contribution in [0.3, 0.4) is 0 Å². The standard InChI is InChI=1S/C24H24F4N3O6PS/c1-13-3-7-15(8-4-13)36-38(39,37-16-9-5-14(2)6-10-16)34-12-24(22(27)28)19(32)18(26)21(35-24)31-11-17(25)20(29)30-23(31)33/h3-11,18-19,21-22,32H,12H2,1-2H3,(H2,29,30,33)/t18-,19-,21+,24+/m0/s1. The van der Waals surface area contributed by atoms with Gasteiger partial charge < -0.3 is 24.6 Å². The summed E-state index contributed by atoms with van der Waals surface area (Å²) in [5.41, 5.74) is 2.71. The zero-order valence-corrected chi connectivity index (χ0v) is 22.3. The van der Waals surface area contributed by atoms with Crippen molar-refractivity contribution >= 4 is 24.3 Å². The van der Waals surface area contributed by atoms with Crippen molar-refractivity contribution in [3.8, 4) is 11.5 Å². The van der Waals surface area contributed by atoms with Crippen LogP contribution in [0.25, 0.3) is 0 Å². The number of anilines is 1. The number of aryl methyl sites for hydroxylation is 2. The van der Waals surface area contributed by atoms with Crippen LogP contribution in [0, 0.1) is 19.7 Å². The lowest BCUT2D eigenvalue weighted by Gasteiger charge is -2.32. The number of ether oxygens (including phenoxy) is 1. The molecule has 4 rings (SSSR count). The summed E-state index contributed by atoms with van der Waals surface area (Å²) in [6.45, 7) is -1.50. The predicted molar refractivity (Wildman–Crippen MR) is 136 cm³/mol. The van der Waals surface area contributed by atoms with Crippen molar-refractivity contribution in [3.63, 3.8) is 0 Å². The van der Waals surface area contributed by atoms with Gasteiger partial charge in [0.05, 0.1) is 12.8 Å². The number of alkyl halides is 3. The first kappa shape index (κ1) is 29.0. The van der Waals surface area contributed by atoms with Gasteiger partial charge in [-0.25, -0.2) is 22.4 Å². The molecule has 15 heteroatoms. The van der Waals surface area contributed by atoms with Gasteiger partial charge in [0.25, 0.3) is 6.43 Å². The number of nitrogens with zero attached hydrogens (tertiary/aromatic N) is 2. The van der Waals surface area contributed by atoms with Crippen LogP contribution in [-0.4, -0.2) is 45.6 Å². The first-order valence-corrected chi connectivity index (χ1v) is 14.0. The van der Waals surface area contributed by atoms with Gasteiger partial charge in [-0.1, -0.05) is 35.4 Å². The van der Waals surface area contributed by atoms with Gasteiger partial charge in [-0.2, -0.15) is 4.98 Å². The Kier molecular flexibility index (Phi) is 8.33. The average molecular weight is 590 g/mol. The molecule has 39 heavy (non-hydrogen) atoms. The number of nitrogen functional groups attached to an aromatic ring is 1. The Labute approximate surface area is 225 Å². The first-order chi connectivity index (χ1) is 18.3. The Bertz CT molecular complexity index is 1380. The maximum absolute atomic E-state index is 15.1. The number of hydrogen-bond donors (Lipinski definition) is 2. The van der Waals surface area contributed by atoms with Gasteiger partial charge in [-0.3, -0.25) is 9.09 Å².